The van der Waals surface area contributed by atoms with E-state index < -0.39 is 11.9 Å². The summed E-state index contributed by atoms with van der Waals surface area (Å²) in [5.74, 6) is -0.698. The molecule has 132 valence electrons. The smallest absolute Gasteiger partial charge is 0.268 e. The summed E-state index contributed by atoms with van der Waals surface area (Å²) < 4.78 is 0. The lowest BCUT2D eigenvalue weighted by Gasteiger charge is -2.22. The molecule has 0 saturated heterocycles. The van der Waals surface area contributed by atoms with Crippen LogP contribution in [-0.4, -0.2) is 47.6 Å². The van der Waals surface area contributed by atoms with E-state index in [4.69, 9.17) is 0 Å². The van der Waals surface area contributed by atoms with Gasteiger partial charge in [0.05, 0.1) is 0 Å². The lowest BCUT2D eigenvalue weighted by atomic mass is 10.0. The summed E-state index contributed by atoms with van der Waals surface area (Å²) in [7, 11) is 1.52. The molecule has 2 N–H and O–H groups in total. The standard InChI is InChI=1S/C18H22N4O3/c1-22-16(23)10-9-14(21-22)17(24)20-15(18(25)19-13-7-8-13)11-12-5-3-2-4-6-12/h2-6,13,15H,7-11H2,1H3,(H,19,25)(H,20,24)/t15-/m0/s1. The summed E-state index contributed by atoms with van der Waals surface area (Å²) >= 11 is 0. The van der Waals surface area contributed by atoms with E-state index in [0.29, 0.717) is 6.42 Å². The summed E-state index contributed by atoms with van der Waals surface area (Å²) in [5, 5.41) is 10.9. The van der Waals surface area contributed by atoms with Crippen LogP contribution in [0.4, 0.5) is 0 Å². The molecule has 1 aliphatic heterocycles. The molecule has 1 aliphatic carbocycles. The van der Waals surface area contributed by atoms with E-state index in [0.717, 1.165) is 18.4 Å². The minimum absolute atomic E-state index is 0.121. The monoisotopic (exact) mass is 342 g/mol. The molecule has 7 heteroatoms. The molecule has 1 heterocycles. The molecule has 0 bridgehead atoms. The average molecular weight is 342 g/mol. The maximum absolute atomic E-state index is 12.5. The Morgan fingerprint density at radius 1 is 1.24 bits per heavy atom. The molecule has 2 aliphatic rings. The highest BCUT2D eigenvalue weighted by atomic mass is 16.2. The van der Waals surface area contributed by atoms with E-state index in [1.807, 2.05) is 30.3 Å². The van der Waals surface area contributed by atoms with Crippen molar-refractivity contribution in [1.29, 1.82) is 0 Å². The summed E-state index contributed by atoms with van der Waals surface area (Å²) in [5.41, 5.74) is 1.25. The van der Waals surface area contributed by atoms with Crippen LogP contribution < -0.4 is 10.6 Å². The SMILES string of the molecule is CN1N=C(C(=O)N[C@@H](Cc2ccccc2)C(=O)NC2CC2)CCC1=O. The van der Waals surface area contributed by atoms with Crippen LogP contribution in [0.3, 0.4) is 0 Å². The lowest BCUT2D eigenvalue weighted by molar-refractivity contribution is -0.130. The third-order valence-corrected chi connectivity index (χ3v) is 4.30. The average Bonchev–Trinajstić information content (AvgIpc) is 3.41. The van der Waals surface area contributed by atoms with Crippen molar-refractivity contribution in [2.24, 2.45) is 5.10 Å². The van der Waals surface area contributed by atoms with Crippen molar-refractivity contribution >= 4 is 23.4 Å². The van der Waals surface area contributed by atoms with Gasteiger partial charge in [0.15, 0.2) is 0 Å². The van der Waals surface area contributed by atoms with Gasteiger partial charge in [0.25, 0.3) is 5.91 Å². The van der Waals surface area contributed by atoms with E-state index in [2.05, 4.69) is 15.7 Å². The first-order valence-corrected chi connectivity index (χ1v) is 8.52. The van der Waals surface area contributed by atoms with Gasteiger partial charge in [-0.2, -0.15) is 5.10 Å². The largest absolute Gasteiger partial charge is 0.352 e. The van der Waals surface area contributed by atoms with Crippen molar-refractivity contribution < 1.29 is 14.4 Å². The molecule has 1 aromatic carbocycles. The van der Waals surface area contributed by atoms with E-state index in [-0.39, 0.29) is 36.4 Å². The quantitative estimate of drug-likeness (QED) is 0.793. The molecule has 3 amide bonds. The fourth-order valence-corrected chi connectivity index (χ4v) is 2.66. The molecule has 1 aromatic rings. The second kappa shape index (κ2) is 7.46. The number of carbonyl (C=O) groups is 3. The van der Waals surface area contributed by atoms with Crippen LogP contribution in [0.15, 0.2) is 35.4 Å². The Labute approximate surface area is 146 Å². The first-order chi connectivity index (χ1) is 12.0. The number of benzene rings is 1. The maximum Gasteiger partial charge on any atom is 0.268 e. The zero-order valence-electron chi connectivity index (χ0n) is 14.2. The first-order valence-electron chi connectivity index (χ1n) is 8.52. The first kappa shape index (κ1) is 17.1. The molecule has 1 saturated carbocycles. The van der Waals surface area contributed by atoms with Gasteiger partial charge < -0.3 is 10.6 Å². The van der Waals surface area contributed by atoms with Crippen molar-refractivity contribution in [3.63, 3.8) is 0 Å². The van der Waals surface area contributed by atoms with Crippen LogP contribution in [-0.2, 0) is 20.8 Å². The Hall–Kier alpha value is -2.70. The van der Waals surface area contributed by atoms with Gasteiger partial charge in [-0.15, -0.1) is 0 Å². The van der Waals surface area contributed by atoms with Gasteiger partial charge in [-0.1, -0.05) is 30.3 Å². The van der Waals surface area contributed by atoms with Crippen molar-refractivity contribution in [2.45, 2.75) is 44.2 Å². The second-order valence-electron chi connectivity index (χ2n) is 6.46. The van der Waals surface area contributed by atoms with E-state index in [1.165, 1.54) is 12.1 Å². The highest BCUT2D eigenvalue weighted by molar-refractivity contribution is 6.39. The van der Waals surface area contributed by atoms with Crippen LogP contribution in [0.1, 0.15) is 31.2 Å². The summed E-state index contributed by atoms with van der Waals surface area (Å²) in [6.45, 7) is 0. The van der Waals surface area contributed by atoms with Crippen molar-refractivity contribution in [3.05, 3.63) is 35.9 Å². The van der Waals surface area contributed by atoms with Gasteiger partial charge in [0.2, 0.25) is 11.8 Å². The summed E-state index contributed by atoms with van der Waals surface area (Å²) in [4.78, 5) is 36.5. The minimum atomic E-state index is -0.666. The molecule has 0 radical (unpaired) electrons. The zero-order valence-corrected chi connectivity index (χ0v) is 14.2. The summed E-state index contributed by atoms with van der Waals surface area (Å²) in [6, 6.07) is 9.12. The molecule has 1 fully saturated rings. The number of amides is 3. The zero-order chi connectivity index (χ0) is 17.8. The highest BCUT2D eigenvalue weighted by Crippen LogP contribution is 2.19. The molecule has 3 rings (SSSR count). The Morgan fingerprint density at radius 2 is 1.96 bits per heavy atom. The van der Waals surface area contributed by atoms with E-state index >= 15 is 0 Å². The van der Waals surface area contributed by atoms with Crippen molar-refractivity contribution in [2.75, 3.05) is 7.05 Å². The number of hydrogen-bond acceptors (Lipinski definition) is 4. The van der Waals surface area contributed by atoms with Crippen LogP contribution in [0, 0.1) is 0 Å². The predicted molar refractivity (Wildman–Crippen MR) is 92.7 cm³/mol. The Balaban J connectivity index is 1.69. The molecule has 0 spiro atoms. The fourth-order valence-electron chi connectivity index (χ4n) is 2.66. The number of nitrogens with zero attached hydrogens (tertiary/aromatic N) is 2. The van der Waals surface area contributed by atoms with Gasteiger partial charge in [-0.05, 0) is 18.4 Å². The highest BCUT2D eigenvalue weighted by Gasteiger charge is 2.30. The molecule has 25 heavy (non-hydrogen) atoms. The van der Waals surface area contributed by atoms with Gasteiger partial charge in [0.1, 0.15) is 11.8 Å². The fraction of sp³-hybridized carbons (Fsp3) is 0.444. The molecule has 0 aromatic heterocycles. The third kappa shape index (κ3) is 4.65. The lowest BCUT2D eigenvalue weighted by Crippen LogP contribution is -2.51. The molecular formula is C18H22N4O3. The molecule has 1 atom stereocenters. The van der Waals surface area contributed by atoms with Crippen LogP contribution in [0.2, 0.25) is 0 Å². The van der Waals surface area contributed by atoms with Crippen LogP contribution in [0.25, 0.3) is 0 Å². The number of hydrazone groups is 1. The van der Waals surface area contributed by atoms with Crippen LogP contribution in [0.5, 0.6) is 0 Å². The number of rotatable bonds is 6. The van der Waals surface area contributed by atoms with Crippen molar-refractivity contribution in [3.8, 4) is 0 Å². The topological polar surface area (TPSA) is 90.9 Å². The van der Waals surface area contributed by atoms with E-state index in [9.17, 15) is 14.4 Å². The number of hydrogen-bond donors (Lipinski definition) is 2. The van der Waals surface area contributed by atoms with Gasteiger partial charge in [0, 0.05) is 32.4 Å². The normalized spacial score (nSPS) is 18.4. The van der Waals surface area contributed by atoms with Gasteiger partial charge in [-0.25, -0.2) is 5.01 Å². The predicted octanol–water partition coefficient (Wildman–Crippen LogP) is 0.601. The Bertz CT molecular complexity index is 698. The molecule has 7 nitrogen and oxygen atoms in total. The number of nitrogens with one attached hydrogen (secondary N) is 2. The molecular weight excluding hydrogens is 320 g/mol. The van der Waals surface area contributed by atoms with Crippen LogP contribution >= 0.6 is 0 Å². The van der Waals surface area contributed by atoms with E-state index in [1.54, 1.807) is 0 Å². The number of carbonyl (C=O) groups excluding carboxylic acids is 3. The Morgan fingerprint density at radius 3 is 2.60 bits per heavy atom. The second-order valence-corrected chi connectivity index (χ2v) is 6.46. The van der Waals surface area contributed by atoms with Crippen molar-refractivity contribution in [1.82, 2.24) is 15.6 Å². The Kier molecular flexibility index (Phi) is 5.11. The molecule has 0 unspecified atom stereocenters. The summed E-state index contributed by atoms with van der Waals surface area (Å²) in [6.07, 6.45) is 2.92. The maximum atomic E-state index is 12.5. The minimum Gasteiger partial charge on any atom is -0.352 e. The third-order valence-electron chi connectivity index (χ3n) is 4.30. The van der Waals surface area contributed by atoms with Gasteiger partial charge in [-0.3, -0.25) is 14.4 Å². The van der Waals surface area contributed by atoms with Gasteiger partial charge >= 0.3 is 0 Å².